The first kappa shape index (κ1) is 17.9. The molecule has 1 heterocycles. The molecule has 0 fully saturated rings. The van der Waals surface area contributed by atoms with Crippen LogP contribution >= 0.6 is 0 Å². The fourth-order valence-corrected chi connectivity index (χ4v) is 3.07. The number of ether oxygens (including phenoxy) is 3. The van der Waals surface area contributed by atoms with E-state index in [1.165, 1.54) is 0 Å². The SMILES string of the molecule is CCOc1cc(C2NC(=O)c3ccccc3O2)ccc1OCc1ccccc1. The van der Waals surface area contributed by atoms with Gasteiger partial charge >= 0.3 is 0 Å². The van der Waals surface area contributed by atoms with Crippen molar-refractivity contribution in [2.45, 2.75) is 19.8 Å². The van der Waals surface area contributed by atoms with E-state index in [1.54, 1.807) is 12.1 Å². The third kappa shape index (κ3) is 3.78. The minimum Gasteiger partial charge on any atom is -0.490 e. The average Bonchev–Trinajstić information content (AvgIpc) is 2.74. The molecule has 1 N–H and O–H groups in total. The van der Waals surface area contributed by atoms with Crippen molar-refractivity contribution in [3.05, 3.63) is 89.5 Å². The number of benzene rings is 3. The Balaban J connectivity index is 1.56. The fourth-order valence-electron chi connectivity index (χ4n) is 3.07. The van der Waals surface area contributed by atoms with Crippen LogP contribution in [0.2, 0.25) is 0 Å². The first-order valence-corrected chi connectivity index (χ1v) is 9.24. The third-order valence-electron chi connectivity index (χ3n) is 4.45. The number of para-hydroxylation sites is 1. The summed E-state index contributed by atoms with van der Waals surface area (Å²) < 4.78 is 17.7. The Kier molecular flexibility index (Phi) is 5.15. The highest BCUT2D eigenvalue weighted by molar-refractivity contribution is 5.98. The van der Waals surface area contributed by atoms with Crippen LogP contribution in [-0.4, -0.2) is 12.5 Å². The van der Waals surface area contributed by atoms with Crippen molar-refractivity contribution in [2.75, 3.05) is 6.61 Å². The Labute approximate surface area is 163 Å². The molecule has 4 rings (SSSR count). The molecular formula is C23H21NO4. The summed E-state index contributed by atoms with van der Waals surface area (Å²) in [7, 11) is 0. The normalized spacial score (nSPS) is 15.2. The quantitative estimate of drug-likeness (QED) is 0.690. The van der Waals surface area contributed by atoms with E-state index in [0.29, 0.717) is 36.0 Å². The zero-order valence-corrected chi connectivity index (χ0v) is 15.6. The number of fused-ring (bicyclic) bond motifs is 1. The second-order valence-electron chi connectivity index (χ2n) is 6.38. The van der Waals surface area contributed by atoms with E-state index in [1.807, 2.05) is 67.6 Å². The predicted molar refractivity (Wildman–Crippen MR) is 106 cm³/mol. The summed E-state index contributed by atoms with van der Waals surface area (Å²) in [5.74, 6) is 1.68. The van der Waals surface area contributed by atoms with Gasteiger partial charge in [-0.2, -0.15) is 0 Å². The van der Waals surface area contributed by atoms with E-state index in [4.69, 9.17) is 14.2 Å². The van der Waals surface area contributed by atoms with Gasteiger partial charge in [0, 0.05) is 5.56 Å². The molecule has 0 aliphatic carbocycles. The number of carbonyl (C=O) groups is 1. The van der Waals surface area contributed by atoms with Crippen LogP contribution in [0, 0.1) is 0 Å². The summed E-state index contributed by atoms with van der Waals surface area (Å²) in [5.41, 5.74) is 2.40. The highest BCUT2D eigenvalue weighted by atomic mass is 16.5. The molecule has 1 amide bonds. The molecule has 1 aliphatic heterocycles. The first-order chi connectivity index (χ1) is 13.7. The second-order valence-corrected chi connectivity index (χ2v) is 6.38. The van der Waals surface area contributed by atoms with E-state index in [9.17, 15) is 4.79 Å². The lowest BCUT2D eigenvalue weighted by Gasteiger charge is -2.27. The summed E-state index contributed by atoms with van der Waals surface area (Å²) in [4.78, 5) is 12.4. The first-order valence-electron chi connectivity index (χ1n) is 9.24. The van der Waals surface area contributed by atoms with Gasteiger partial charge in [0.1, 0.15) is 12.4 Å². The van der Waals surface area contributed by atoms with Crippen LogP contribution in [0.5, 0.6) is 17.2 Å². The van der Waals surface area contributed by atoms with Crippen molar-refractivity contribution >= 4 is 5.91 Å². The predicted octanol–water partition coefficient (Wildman–Crippen LogP) is 4.49. The molecule has 1 atom stereocenters. The molecule has 0 spiro atoms. The molecule has 5 nitrogen and oxygen atoms in total. The minimum atomic E-state index is -0.579. The monoisotopic (exact) mass is 375 g/mol. The van der Waals surface area contributed by atoms with Gasteiger partial charge in [0.25, 0.3) is 5.91 Å². The van der Waals surface area contributed by atoms with E-state index in [2.05, 4.69) is 5.32 Å². The van der Waals surface area contributed by atoms with Crippen molar-refractivity contribution in [3.8, 4) is 17.2 Å². The molecule has 1 unspecified atom stereocenters. The molecule has 3 aromatic rings. The molecule has 0 saturated heterocycles. The van der Waals surface area contributed by atoms with Crippen molar-refractivity contribution < 1.29 is 19.0 Å². The van der Waals surface area contributed by atoms with Gasteiger partial charge in [0.15, 0.2) is 17.7 Å². The lowest BCUT2D eigenvalue weighted by molar-refractivity contribution is 0.0755. The molecular weight excluding hydrogens is 354 g/mol. The highest BCUT2D eigenvalue weighted by Crippen LogP contribution is 2.34. The molecule has 0 bridgehead atoms. The van der Waals surface area contributed by atoms with Crippen LogP contribution in [0.25, 0.3) is 0 Å². The smallest absolute Gasteiger partial charge is 0.258 e. The number of nitrogens with one attached hydrogen (secondary N) is 1. The fraction of sp³-hybridized carbons (Fsp3) is 0.174. The van der Waals surface area contributed by atoms with Crippen LogP contribution in [0.1, 0.15) is 34.6 Å². The topological polar surface area (TPSA) is 56.8 Å². The number of rotatable bonds is 6. The Hall–Kier alpha value is -3.47. The van der Waals surface area contributed by atoms with Crippen molar-refractivity contribution in [1.29, 1.82) is 0 Å². The Morgan fingerprint density at radius 2 is 1.71 bits per heavy atom. The van der Waals surface area contributed by atoms with Gasteiger partial charge in [0.05, 0.1) is 12.2 Å². The summed E-state index contributed by atoms with van der Waals surface area (Å²) in [6, 6.07) is 22.7. The molecule has 1 aliphatic rings. The molecule has 5 heteroatoms. The van der Waals surface area contributed by atoms with Gasteiger partial charge in [0.2, 0.25) is 0 Å². The maximum Gasteiger partial charge on any atom is 0.258 e. The molecule has 28 heavy (non-hydrogen) atoms. The van der Waals surface area contributed by atoms with Crippen LogP contribution in [0.3, 0.4) is 0 Å². The van der Waals surface area contributed by atoms with Crippen LogP contribution in [0.15, 0.2) is 72.8 Å². The largest absolute Gasteiger partial charge is 0.490 e. The zero-order chi connectivity index (χ0) is 19.3. The minimum absolute atomic E-state index is 0.158. The lowest BCUT2D eigenvalue weighted by atomic mass is 10.1. The van der Waals surface area contributed by atoms with Crippen LogP contribution in [-0.2, 0) is 6.61 Å². The molecule has 142 valence electrons. The van der Waals surface area contributed by atoms with Crippen LogP contribution < -0.4 is 19.5 Å². The second kappa shape index (κ2) is 8.05. The number of hydrogen-bond acceptors (Lipinski definition) is 4. The van der Waals surface area contributed by atoms with Crippen LogP contribution in [0.4, 0.5) is 0 Å². The average molecular weight is 375 g/mol. The standard InChI is InChI=1S/C23H21NO4/c1-2-26-21-14-17(12-13-20(21)27-15-16-8-4-3-5-9-16)23-24-22(25)18-10-6-7-11-19(18)28-23/h3-14,23H,2,15H2,1H3,(H,24,25). The van der Waals surface area contributed by atoms with Crippen molar-refractivity contribution in [3.63, 3.8) is 0 Å². The number of carbonyl (C=O) groups excluding carboxylic acids is 1. The van der Waals surface area contributed by atoms with Gasteiger partial charge < -0.3 is 19.5 Å². The van der Waals surface area contributed by atoms with Gasteiger partial charge in [-0.05, 0) is 42.8 Å². The third-order valence-corrected chi connectivity index (χ3v) is 4.45. The number of amides is 1. The van der Waals surface area contributed by atoms with Crippen molar-refractivity contribution in [2.24, 2.45) is 0 Å². The lowest BCUT2D eigenvalue weighted by Crippen LogP contribution is -2.36. The summed E-state index contributed by atoms with van der Waals surface area (Å²) in [6.45, 7) is 2.87. The van der Waals surface area contributed by atoms with Gasteiger partial charge in [-0.3, -0.25) is 4.79 Å². The number of hydrogen-bond donors (Lipinski definition) is 1. The summed E-state index contributed by atoms with van der Waals surface area (Å²) >= 11 is 0. The van der Waals surface area contributed by atoms with Gasteiger partial charge in [-0.25, -0.2) is 0 Å². The van der Waals surface area contributed by atoms with Gasteiger partial charge in [-0.1, -0.05) is 42.5 Å². The molecule has 0 saturated carbocycles. The maximum absolute atomic E-state index is 12.4. The molecule has 0 aromatic heterocycles. The Morgan fingerprint density at radius 3 is 2.54 bits per heavy atom. The summed E-state index contributed by atoms with van der Waals surface area (Å²) in [6.07, 6.45) is -0.579. The summed E-state index contributed by atoms with van der Waals surface area (Å²) in [5, 5.41) is 2.88. The van der Waals surface area contributed by atoms with Gasteiger partial charge in [-0.15, -0.1) is 0 Å². The van der Waals surface area contributed by atoms with E-state index >= 15 is 0 Å². The Bertz CT molecular complexity index is 971. The van der Waals surface area contributed by atoms with E-state index < -0.39 is 6.23 Å². The van der Waals surface area contributed by atoms with E-state index in [-0.39, 0.29) is 5.91 Å². The van der Waals surface area contributed by atoms with Crippen molar-refractivity contribution in [1.82, 2.24) is 5.32 Å². The Morgan fingerprint density at radius 1 is 0.929 bits per heavy atom. The maximum atomic E-state index is 12.4. The highest BCUT2D eigenvalue weighted by Gasteiger charge is 2.27. The molecule has 0 radical (unpaired) electrons. The van der Waals surface area contributed by atoms with E-state index in [0.717, 1.165) is 11.1 Å². The molecule has 3 aromatic carbocycles. The zero-order valence-electron chi connectivity index (χ0n) is 15.6.